The summed E-state index contributed by atoms with van der Waals surface area (Å²) in [5.41, 5.74) is 0.203. The van der Waals surface area contributed by atoms with Gasteiger partial charge in [-0.15, -0.1) is 0 Å². The fraction of sp³-hybridized carbons (Fsp3) is 1.00. The van der Waals surface area contributed by atoms with E-state index in [1.165, 1.54) is 0 Å². The molecule has 0 aromatic heterocycles. The molecule has 2 heteroatoms. The van der Waals surface area contributed by atoms with Crippen LogP contribution in [-0.2, 0) is 9.47 Å². The summed E-state index contributed by atoms with van der Waals surface area (Å²) in [4.78, 5) is 0. The number of hydrogen-bond acceptors (Lipinski definition) is 2. The Hall–Kier alpha value is -0.0800. The minimum absolute atomic E-state index is 0.203. The predicted molar refractivity (Wildman–Crippen MR) is 65.2 cm³/mol. The normalized spacial score (nSPS) is 12.8. The van der Waals surface area contributed by atoms with Crippen molar-refractivity contribution in [2.45, 2.75) is 66.6 Å². The van der Waals surface area contributed by atoms with Crippen LogP contribution in [-0.4, -0.2) is 25.4 Å². The Morgan fingerprint density at radius 3 is 1.33 bits per heavy atom. The van der Waals surface area contributed by atoms with Gasteiger partial charge < -0.3 is 9.47 Å². The summed E-state index contributed by atoms with van der Waals surface area (Å²) in [5.74, 6) is 0. The minimum Gasteiger partial charge on any atom is -0.378 e. The van der Waals surface area contributed by atoms with Crippen molar-refractivity contribution < 1.29 is 9.47 Å². The van der Waals surface area contributed by atoms with Crippen molar-refractivity contribution in [1.82, 2.24) is 0 Å². The third-order valence-electron chi connectivity index (χ3n) is 2.95. The zero-order valence-electron chi connectivity index (χ0n) is 11.3. The molecule has 0 N–H and O–H groups in total. The first kappa shape index (κ1) is 14.9. The average molecular weight is 216 g/mol. The smallest absolute Gasteiger partial charge is 0.0547 e. The van der Waals surface area contributed by atoms with E-state index in [4.69, 9.17) is 9.47 Å². The summed E-state index contributed by atoms with van der Waals surface area (Å²) in [5, 5.41) is 0. The van der Waals surface area contributed by atoms with E-state index in [-0.39, 0.29) is 5.41 Å². The van der Waals surface area contributed by atoms with Gasteiger partial charge in [0, 0.05) is 5.41 Å². The van der Waals surface area contributed by atoms with Crippen molar-refractivity contribution in [2.75, 3.05) is 13.2 Å². The number of hydrogen-bond donors (Lipinski definition) is 0. The monoisotopic (exact) mass is 216 g/mol. The number of ether oxygens (including phenoxy) is 2. The lowest BCUT2D eigenvalue weighted by Crippen LogP contribution is -2.33. The minimum atomic E-state index is 0.203. The van der Waals surface area contributed by atoms with E-state index >= 15 is 0 Å². The molecule has 0 atom stereocenters. The molecule has 0 aromatic rings. The lowest BCUT2D eigenvalue weighted by molar-refractivity contribution is -0.0594. The molecule has 0 spiro atoms. The van der Waals surface area contributed by atoms with Crippen molar-refractivity contribution in [3.05, 3.63) is 0 Å². The van der Waals surface area contributed by atoms with E-state index in [1.807, 2.05) is 0 Å². The average Bonchev–Trinajstić information content (AvgIpc) is 2.19. The zero-order chi connectivity index (χ0) is 11.9. The molecule has 0 aliphatic rings. The Kier molecular flexibility index (Phi) is 7.20. The molecule has 15 heavy (non-hydrogen) atoms. The first-order chi connectivity index (χ1) is 6.95. The molecule has 0 radical (unpaired) electrons. The Morgan fingerprint density at radius 2 is 1.13 bits per heavy atom. The third-order valence-corrected chi connectivity index (χ3v) is 2.95. The Bertz CT molecular complexity index is 135. The third kappa shape index (κ3) is 6.16. The standard InChI is InChI=1S/C13H28O2/c1-7-13(8-2,9-14-11(3)4)10-15-12(5)6/h11-12H,7-10H2,1-6H3. The van der Waals surface area contributed by atoms with Crippen LogP contribution >= 0.6 is 0 Å². The van der Waals surface area contributed by atoms with Gasteiger partial charge in [0.2, 0.25) is 0 Å². The molecule has 0 heterocycles. The second-order valence-electron chi connectivity index (χ2n) is 4.93. The highest BCUT2D eigenvalue weighted by molar-refractivity contribution is 4.76. The van der Waals surface area contributed by atoms with Crippen LogP contribution in [0.4, 0.5) is 0 Å². The molecule has 0 unspecified atom stereocenters. The lowest BCUT2D eigenvalue weighted by Gasteiger charge is -2.32. The van der Waals surface area contributed by atoms with Gasteiger partial charge in [-0.05, 0) is 40.5 Å². The topological polar surface area (TPSA) is 18.5 Å². The Balaban J connectivity index is 4.17. The van der Waals surface area contributed by atoms with Gasteiger partial charge >= 0.3 is 0 Å². The van der Waals surface area contributed by atoms with E-state index in [9.17, 15) is 0 Å². The molecular formula is C13H28O2. The molecule has 0 bridgehead atoms. The molecule has 0 aromatic carbocycles. The molecule has 0 aliphatic carbocycles. The fourth-order valence-electron chi connectivity index (χ4n) is 1.39. The molecule has 92 valence electrons. The molecule has 0 amide bonds. The summed E-state index contributed by atoms with van der Waals surface area (Å²) < 4.78 is 11.5. The highest BCUT2D eigenvalue weighted by Gasteiger charge is 2.27. The number of rotatable bonds is 8. The maximum absolute atomic E-state index is 5.74. The molecule has 2 nitrogen and oxygen atoms in total. The maximum atomic E-state index is 5.74. The highest BCUT2D eigenvalue weighted by Crippen LogP contribution is 2.28. The molecule has 0 saturated carbocycles. The predicted octanol–water partition coefficient (Wildman–Crippen LogP) is 3.64. The first-order valence-corrected chi connectivity index (χ1v) is 6.19. The van der Waals surface area contributed by atoms with E-state index in [1.54, 1.807) is 0 Å². The molecule has 0 fully saturated rings. The zero-order valence-corrected chi connectivity index (χ0v) is 11.3. The van der Waals surface area contributed by atoms with Gasteiger partial charge in [-0.1, -0.05) is 13.8 Å². The van der Waals surface area contributed by atoms with Gasteiger partial charge in [-0.2, -0.15) is 0 Å². The maximum Gasteiger partial charge on any atom is 0.0547 e. The van der Waals surface area contributed by atoms with Crippen LogP contribution in [0.1, 0.15) is 54.4 Å². The largest absolute Gasteiger partial charge is 0.378 e. The summed E-state index contributed by atoms with van der Waals surface area (Å²) >= 11 is 0. The van der Waals surface area contributed by atoms with Crippen LogP contribution in [0.3, 0.4) is 0 Å². The van der Waals surface area contributed by atoms with E-state index in [0.29, 0.717) is 12.2 Å². The van der Waals surface area contributed by atoms with Crippen molar-refractivity contribution in [3.8, 4) is 0 Å². The van der Waals surface area contributed by atoms with Gasteiger partial charge in [0.1, 0.15) is 0 Å². The van der Waals surface area contributed by atoms with Crippen LogP contribution in [0.15, 0.2) is 0 Å². The summed E-state index contributed by atoms with van der Waals surface area (Å²) in [6.45, 7) is 14.4. The van der Waals surface area contributed by atoms with Crippen molar-refractivity contribution in [3.63, 3.8) is 0 Å². The molecule has 0 rings (SSSR count). The van der Waals surface area contributed by atoms with E-state index in [0.717, 1.165) is 26.1 Å². The van der Waals surface area contributed by atoms with Gasteiger partial charge in [-0.25, -0.2) is 0 Å². The van der Waals surface area contributed by atoms with Crippen LogP contribution in [0.5, 0.6) is 0 Å². The summed E-state index contributed by atoms with van der Waals surface area (Å²) in [6, 6.07) is 0. The molecule has 0 saturated heterocycles. The van der Waals surface area contributed by atoms with Crippen LogP contribution in [0.25, 0.3) is 0 Å². The second-order valence-corrected chi connectivity index (χ2v) is 4.93. The van der Waals surface area contributed by atoms with Gasteiger partial charge in [0.05, 0.1) is 25.4 Å². The van der Waals surface area contributed by atoms with E-state index in [2.05, 4.69) is 41.5 Å². The first-order valence-electron chi connectivity index (χ1n) is 6.19. The Morgan fingerprint density at radius 1 is 0.800 bits per heavy atom. The SMILES string of the molecule is CCC(CC)(COC(C)C)COC(C)C. The molecule has 0 aliphatic heterocycles. The molecular weight excluding hydrogens is 188 g/mol. The second kappa shape index (κ2) is 7.24. The van der Waals surface area contributed by atoms with Gasteiger partial charge in [0.25, 0.3) is 0 Å². The van der Waals surface area contributed by atoms with Gasteiger partial charge in [0.15, 0.2) is 0 Å². The summed E-state index contributed by atoms with van der Waals surface area (Å²) in [6.07, 6.45) is 2.84. The van der Waals surface area contributed by atoms with E-state index < -0.39 is 0 Å². The van der Waals surface area contributed by atoms with Crippen molar-refractivity contribution >= 4 is 0 Å². The lowest BCUT2D eigenvalue weighted by atomic mass is 9.84. The van der Waals surface area contributed by atoms with Gasteiger partial charge in [-0.3, -0.25) is 0 Å². The van der Waals surface area contributed by atoms with Crippen LogP contribution < -0.4 is 0 Å². The van der Waals surface area contributed by atoms with Crippen molar-refractivity contribution in [1.29, 1.82) is 0 Å². The summed E-state index contributed by atoms with van der Waals surface area (Å²) in [7, 11) is 0. The van der Waals surface area contributed by atoms with Crippen LogP contribution in [0.2, 0.25) is 0 Å². The fourth-order valence-corrected chi connectivity index (χ4v) is 1.39. The Labute approximate surface area is 95.3 Å². The van der Waals surface area contributed by atoms with Crippen molar-refractivity contribution in [2.24, 2.45) is 5.41 Å². The van der Waals surface area contributed by atoms with Crippen LogP contribution in [0, 0.1) is 5.41 Å². The highest BCUT2D eigenvalue weighted by atomic mass is 16.5. The quantitative estimate of drug-likeness (QED) is 0.616.